The summed E-state index contributed by atoms with van der Waals surface area (Å²) in [4.78, 5) is 0.257. The minimum Gasteiger partial charge on any atom is -0.384 e. The third kappa shape index (κ3) is 3.12. The predicted octanol–water partition coefficient (Wildman–Crippen LogP) is 1.09. The van der Waals surface area contributed by atoms with Gasteiger partial charge in [-0.05, 0) is 37.1 Å². The molecule has 0 atom stereocenters. The van der Waals surface area contributed by atoms with Crippen LogP contribution in [-0.2, 0) is 16.6 Å². The number of H-pyrrole nitrogens is 1. The van der Waals surface area contributed by atoms with Crippen molar-refractivity contribution in [1.82, 2.24) is 14.9 Å². The molecule has 0 bridgehead atoms. The first kappa shape index (κ1) is 13.6. The van der Waals surface area contributed by atoms with Crippen molar-refractivity contribution in [1.29, 1.82) is 0 Å². The standard InChI is InChI=1S/C12H16N4O2S/c1-8-3-9(2)5-11(4-8)19(17,18)15-7-10-6-14-16-12(10)13/h3-6,15H,7H2,1-2H3,(H3,13,14,16). The van der Waals surface area contributed by atoms with Crippen molar-refractivity contribution in [2.24, 2.45) is 0 Å². The number of benzene rings is 1. The van der Waals surface area contributed by atoms with E-state index in [2.05, 4.69) is 14.9 Å². The van der Waals surface area contributed by atoms with E-state index in [0.29, 0.717) is 11.4 Å². The molecule has 1 aromatic carbocycles. The van der Waals surface area contributed by atoms with E-state index in [-0.39, 0.29) is 11.4 Å². The van der Waals surface area contributed by atoms with E-state index in [4.69, 9.17) is 5.73 Å². The molecule has 0 fully saturated rings. The Morgan fingerprint density at radius 2 is 1.89 bits per heavy atom. The molecule has 0 unspecified atom stereocenters. The van der Waals surface area contributed by atoms with Gasteiger partial charge < -0.3 is 5.73 Å². The molecule has 0 radical (unpaired) electrons. The van der Waals surface area contributed by atoms with Crippen LogP contribution < -0.4 is 10.5 Å². The molecule has 0 spiro atoms. The van der Waals surface area contributed by atoms with Crippen molar-refractivity contribution in [2.75, 3.05) is 5.73 Å². The number of aromatic amines is 1. The van der Waals surface area contributed by atoms with Gasteiger partial charge in [-0.25, -0.2) is 13.1 Å². The first-order valence-electron chi connectivity index (χ1n) is 5.74. The summed E-state index contributed by atoms with van der Waals surface area (Å²) in [7, 11) is -3.55. The maximum Gasteiger partial charge on any atom is 0.240 e. The average molecular weight is 280 g/mol. The molecule has 6 nitrogen and oxygen atoms in total. The fourth-order valence-electron chi connectivity index (χ4n) is 1.81. The predicted molar refractivity (Wildman–Crippen MR) is 72.9 cm³/mol. The molecule has 7 heteroatoms. The van der Waals surface area contributed by atoms with Gasteiger partial charge in [-0.1, -0.05) is 6.07 Å². The Hall–Kier alpha value is -1.86. The summed E-state index contributed by atoms with van der Waals surface area (Å²) >= 11 is 0. The highest BCUT2D eigenvalue weighted by Gasteiger charge is 2.15. The summed E-state index contributed by atoms with van der Waals surface area (Å²) in [6, 6.07) is 5.19. The van der Waals surface area contributed by atoms with Crippen LogP contribution in [0.4, 0.5) is 5.82 Å². The number of nitrogens with one attached hydrogen (secondary N) is 2. The third-order valence-electron chi connectivity index (χ3n) is 2.71. The smallest absolute Gasteiger partial charge is 0.240 e. The van der Waals surface area contributed by atoms with Gasteiger partial charge in [0.25, 0.3) is 0 Å². The first-order valence-corrected chi connectivity index (χ1v) is 7.22. The molecule has 4 N–H and O–H groups in total. The summed E-state index contributed by atoms with van der Waals surface area (Å²) in [6.45, 7) is 3.83. The van der Waals surface area contributed by atoms with Crippen LogP contribution in [0.25, 0.3) is 0 Å². The zero-order valence-corrected chi connectivity index (χ0v) is 11.6. The molecule has 2 rings (SSSR count). The Morgan fingerprint density at radius 3 is 2.42 bits per heavy atom. The summed E-state index contributed by atoms with van der Waals surface area (Å²) in [5.41, 5.74) is 8.03. The fourth-order valence-corrected chi connectivity index (χ4v) is 3.00. The largest absolute Gasteiger partial charge is 0.384 e. The van der Waals surface area contributed by atoms with Crippen LogP contribution in [0.5, 0.6) is 0 Å². The molecule has 1 aromatic heterocycles. The number of nitrogen functional groups attached to an aromatic ring is 1. The van der Waals surface area contributed by atoms with Crippen molar-refractivity contribution in [3.63, 3.8) is 0 Å². The lowest BCUT2D eigenvalue weighted by atomic mass is 10.2. The van der Waals surface area contributed by atoms with Crippen LogP contribution in [-0.4, -0.2) is 18.6 Å². The van der Waals surface area contributed by atoms with Crippen LogP contribution >= 0.6 is 0 Å². The van der Waals surface area contributed by atoms with E-state index in [1.54, 1.807) is 12.1 Å². The van der Waals surface area contributed by atoms with Gasteiger partial charge in [0.2, 0.25) is 10.0 Å². The number of nitrogens with zero attached hydrogens (tertiary/aromatic N) is 1. The highest BCUT2D eigenvalue weighted by Crippen LogP contribution is 2.15. The van der Waals surface area contributed by atoms with Gasteiger partial charge in [0.05, 0.1) is 11.1 Å². The van der Waals surface area contributed by atoms with Crippen molar-refractivity contribution < 1.29 is 8.42 Å². The molecule has 102 valence electrons. The number of anilines is 1. The van der Waals surface area contributed by atoms with Crippen molar-refractivity contribution in [3.8, 4) is 0 Å². The van der Waals surface area contributed by atoms with Gasteiger partial charge in [0.1, 0.15) is 5.82 Å². The van der Waals surface area contributed by atoms with Gasteiger partial charge >= 0.3 is 0 Å². The van der Waals surface area contributed by atoms with E-state index in [1.165, 1.54) is 6.20 Å². The second-order valence-electron chi connectivity index (χ2n) is 4.46. The lowest BCUT2D eigenvalue weighted by Gasteiger charge is -2.08. The second kappa shape index (κ2) is 5.02. The van der Waals surface area contributed by atoms with E-state index in [9.17, 15) is 8.42 Å². The van der Waals surface area contributed by atoms with Crippen molar-refractivity contribution >= 4 is 15.8 Å². The average Bonchev–Trinajstić information content (AvgIpc) is 2.71. The Kier molecular flexibility index (Phi) is 3.59. The number of nitrogens with two attached hydrogens (primary N) is 1. The number of sulfonamides is 1. The molecule has 0 aliphatic heterocycles. The number of aryl methyl sites for hydroxylation is 2. The van der Waals surface area contributed by atoms with Crippen molar-refractivity contribution in [3.05, 3.63) is 41.1 Å². The van der Waals surface area contributed by atoms with Crippen molar-refractivity contribution in [2.45, 2.75) is 25.3 Å². The molecule has 0 saturated carbocycles. The van der Waals surface area contributed by atoms with E-state index >= 15 is 0 Å². The SMILES string of the molecule is Cc1cc(C)cc(S(=O)(=O)NCc2cn[nH]c2N)c1. The number of hydrogen-bond acceptors (Lipinski definition) is 4. The van der Waals surface area contributed by atoms with Gasteiger partial charge in [-0.2, -0.15) is 5.10 Å². The molecular weight excluding hydrogens is 264 g/mol. The highest BCUT2D eigenvalue weighted by molar-refractivity contribution is 7.89. The summed E-state index contributed by atoms with van der Waals surface area (Å²) in [5, 5.41) is 6.29. The fraction of sp³-hybridized carbons (Fsp3) is 0.250. The number of aromatic nitrogens is 2. The Morgan fingerprint density at radius 1 is 1.26 bits per heavy atom. The van der Waals surface area contributed by atoms with Crippen LogP contribution in [0.2, 0.25) is 0 Å². The number of hydrogen-bond donors (Lipinski definition) is 3. The maximum absolute atomic E-state index is 12.2. The van der Waals surface area contributed by atoms with Gasteiger partial charge in [0.15, 0.2) is 0 Å². The van der Waals surface area contributed by atoms with Crippen LogP contribution in [0.1, 0.15) is 16.7 Å². The monoisotopic (exact) mass is 280 g/mol. The lowest BCUT2D eigenvalue weighted by Crippen LogP contribution is -2.23. The molecule has 0 aliphatic carbocycles. The second-order valence-corrected chi connectivity index (χ2v) is 6.22. The highest BCUT2D eigenvalue weighted by atomic mass is 32.2. The molecule has 1 heterocycles. The number of rotatable bonds is 4. The molecule has 0 saturated heterocycles. The molecule has 0 amide bonds. The Balaban J connectivity index is 2.21. The minimum absolute atomic E-state index is 0.109. The Labute approximate surface area is 112 Å². The lowest BCUT2D eigenvalue weighted by molar-refractivity contribution is 0.581. The normalized spacial score (nSPS) is 11.7. The first-order chi connectivity index (χ1) is 8.88. The minimum atomic E-state index is -3.55. The van der Waals surface area contributed by atoms with E-state index in [1.807, 2.05) is 19.9 Å². The zero-order valence-electron chi connectivity index (χ0n) is 10.8. The maximum atomic E-state index is 12.2. The molecule has 0 aliphatic rings. The third-order valence-corrected chi connectivity index (χ3v) is 4.09. The Bertz CT molecular complexity index is 671. The van der Waals surface area contributed by atoms with Crippen LogP contribution in [0.15, 0.2) is 29.3 Å². The molecule has 2 aromatic rings. The molecular formula is C12H16N4O2S. The summed E-state index contributed by atoms with van der Waals surface area (Å²) < 4.78 is 26.8. The van der Waals surface area contributed by atoms with E-state index < -0.39 is 10.0 Å². The van der Waals surface area contributed by atoms with E-state index in [0.717, 1.165) is 11.1 Å². The van der Waals surface area contributed by atoms with Crippen LogP contribution in [0, 0.1) is 13.8 Å². The summed E-state index contributed by atoms with van der Waals surface area (Å²) in [6.07, 6.45) is 1.50. The van der Waals surface area contributed by atoms with Gasteiger partial charge in [0, 0.05) is 12.1 Å². The topological polar surface area (TPSA) is 101 Å². The van der Waals surface area contributed by atoms with Gasteiger partial charge in [-0.15, -0.1) is 0 Å². The van der Waals surface area contributed by atoms with Crippen LogP contribution in [0.3, 0.4) is 0 Å². The quantitative estimate of drug-likeness (QED) is 0.780. The summed E-state index contributed by atoms with van der Waals surface area (Å²) in [5.74, 6) is 0.364. The van der Waals surface area contributed by atoms with Gasteiger partial charge in [-0.3, -0.25) is 5.10 Å². The zero-order chi connectivity index (χ0) is 14.0. The molecule has 19 heavy (non-hydrogen) atoms.